The van der Waals surface area contributed by atoms with E-state index in [1.165, 1.54) is 72.4 Å². The molecular formula is C39H53N2O2+. The van der Waals surface area contributed by atoms with Crippen molar-refractivity contribution >= 4 is 23.1 Å². The van der Waals surface area contributed by atoms with Crippen LogP contribution >= 0.6 is 0 Å². The van der Waals surface area contributed by atoms with Gasteiger partial charge in [-0.1, -0.05) is 108 Å². The van der Waals surface area contributed by atoms with Gasteiger partial charge in [-0.25, -0.2) is 0 Å². The molecule has 4 rings (SSSR count). The highest BCUT2D eigenvalue weighted by Crippen LogP contribution is 2.47. The average molecular weight is 582 g/mol. The van der Waals surface area contributed by atoms with Crippen LogP contribution in [-0.2, 0) is 15.6 Å². The van der Waals surface area contributed by atoms with Gasteiger partial charge in [-0.2, -0.15) is 4.58 Å². The van der Waals surface area contributed by atoms with Crippen molar-refractivity contribution in [2.24, 2.45) is 0 Å². The molecule has 0 radical (unpaired) electrons. The number of carbonyl (C=O) groups is 1. The first-order valence-electron chi connectivity index (χ1n) is 16.6. The lowest BCUT2D eigenvalue weighted by atomic mass is 9.81. The molecule has 0 saturated carbocycles. The molecule has 2 aromatic rings. The topological polar surface area (TPSA) is 43.5 Å². The number of unbranched alkanes of at least 4 members (excludes halogenated alkanes) is 7. The number of aliphatic carboxylic acids is 1. The smallest absolute Gasteiger partial charge is 0.303 e. The number of para-hydroxylation sites is 2. The number of benzene rings is 2. The normalized spacial score (nSPS) is 17.9. The average Bonchev–Trinajstić information content (AvgIpc) is 3.33. The monoisotopic (exact) mass is 581 g/mol. The molecule has 4 nitrogen and oxygen atoms in total. The summed E-state index contributed by atoms with van der Waals surface area (Å²) in [5.41, 5.74) is 7.93. The van der Waals surface area contributed by atoms with Crippen molar-refractivity contribution in [3.8, 4) is 0 Å². The van der Waals surface area contributed by atoms with Gasteiger partial charge in [0.1, 0.15) is 6.54 Å². The van der Waals surface area contributed by atoms with Crippen LogP contribution in [0.1, 0.15) is 110 Å². The van der Waals surface area contributed by atoms with Crippen LogP contribution in [-0.4, -0.2) is 34.5 Å². The van der Waals surface area contributed by atoms with Crippen LogP contribution in [0.4, 0.5) is 11.4 Å². The van der Waals surface area contributed by atoms with E-state index in [1.807, 2.05) is 0 Å². The minimum atomic E-state index is -0.708. The summed E-state index contributed by atoms with van der Waals surface area (Å²) in [6.07, 6.45) is 21.8. The van der Waals surface area contributed by atoms with Crippen LogP contribution in [0.15, 0.2) is 84.6 Å². The van der Waals surface area contributed by atoms with Crippen LogP contribution in [0.2, 0.25) is 0 Å². The third kappa shape index (κ3) is 7.58. The third-order valence-corrected chi connectivity index (χ3v) is 9.34. The minimum absolute atomic E-state index is 0.0336. The van der Waals surface area contributed by atoms with Crippen molar-refractivity contribution in [1.82, 2.24) is 0 Å². The van der Waals surface area contributed by atoms with Crippen molar-refractivity contribution in [3.05, 3.63) is 95.7 Å². The van der Waals surface area contributed by atoms with Gasteiger partial charge in [0.05, 0.1) is 5.41 Å². The Hall–Kier alpha value is -3.40. The number of carboxylic acid groups (broad SMARTS) is 1. The summed E-state index contributed by atoms with van der Waals surface area (Å²) in [7, 11) is 0. The fourth-order valence-electron chi connectivity index (χ4n) is 6.89. The Labute approximate surface area is 260 Å². The van der Waals surface area contributed by atoms with Crippen molar-refractivity contribution < 1.29 is 14.5 Å². The zero-order valence-corrected chi connectivity index (χ0v) is 27.2. The quantitative estimate of drug-likeness (QED) is 0.122. The van der Waals surface area contributed by atoms with E-state index in [0.717, 1.165) is 32.4 Å². The molecular weight excluding hydrogens is 528 g/mol. The molecule has 0 bridgehead atoms. The molecule has 0 aliphatic carbocycles. The largest absolute Gasteiger partial charge is 0.481 e. The van der Waals surface area contributed by atoms with E-state index in [0.29, 0.717) is 0 Å². The van der Waals surface area contributed by atoms with Crippen molar-refractivity contribution in [2.45, 2.75) is 110 Å². The molecule has 4 heteroatoms. The number of fused-ring (bicyclic) bond motifs is 2. The lowest BCUT2D eigenvalue weighted by molar-refractivity contribution is -0.438. The van der Waals surface area contributed by atoms with Gasteiger partial charge in [-0.15, -0.1) is 0 Å². The summed E-state index contributed by atoms with van der Waals surface area (Å²) < 4.78 is 2.44. The highest BCUT2D eigenvalue weighted by molar-refractivity contribution is 6.03. The molecule has 0 amide bonds. The van der Waals surface area contributed by atoms with Gasteiger partial charge < -0.3 is 10.0 Å². The molecule has 1 N–H and O–H groups in total. The van der Waals surface area contributed by atoms with Gasteiger partial charge in [0, 0.05) is 53.9 Å². The molecule has 2 aliphatic heterocycles. The third-order valence-electron chi connectivity index (χ3n) is 9.34. The Morgan fingerprint density at radius 1 is 0.791 bits per heavy atom. The molecule has 43 heavy (non-hydrogen) atoms. The molecule has 0 aromatic heterocycles. The highest BCUT2D eigenvalue weighted by Gasteiger charge is 2.43. The molecule has 230 valence electrons. The maximum Gasteiger partial charge on any atom is 0.303 e. The second kappa shape index (κ2) is 14.9. The van der Waals surface area contributed by atoms with E-state index in [4.69, 9.17) is 5.11 Å². The zero-order chi connectivity index (χ0) is 30.9. The van der Waals surface area contributed by atoms with Crippen LogP contribution in [0.25, 0.3) is 0 Å². The summed E-state index contributed by atoms with van der Waals surface area (Å²) in [6, 6.07) is 17.6. The van der Waals surface area contributed by atoms with Gasteiger partial charge in [-0.3, -0.25) is 4.79 Å². The molecule has 0 saturated heterocycles. The summed E-state index contributed by atoms with van der Waals surface area (Å²) in [5, 5.41) is 9.00. The molecule has 0 fully saturated rings. The fraction of sp³-hybridized carbons (Fsp3) is 0.487. The van der Waals surface area contributed by atoms with Crippen molar-refractivity contribution in [3.63, 3.8) is 0 Å². The highest BCUT2D eigenvalue weighted by atomic mass is 16.4. The Kier molecular flexibility index (Phi) is 11.2. The number of allylic oxidation sites excluding steroid dienone is 6. The Morgan fingerprint density at radius 3 is 2.23 bits per heavy atom. The predicted molar refractivity (Wildman–Crippen MR) is 182 cm³/mol. The van der Waals surface area contributed by atoms with Crippen molar-refractivity contribution in [1.29, 1.82) is 0 Å². The second-order valence-corrected chi connectivity index (χ2v) is 13.2. The number of carboxylic acids is 1. The van der Waals surface area contributed by atoms with E-state index in [9.17, 15) is 4.79 Å². The summed E-state index contributed by atoms with van der Waals surface area (Å²) >= 11 is 0. The number of anilines is 1. The van der Waals surface area contributed by atoms with Crippen LogP contribution < -0.4 is 4.90 Å². The van der Waals surface area contributed by atoms with E-state index < -0.39 is 5.97 Å². The number of hydrogen-bond donors (Lipinski definition) is 1. The minimum Gasteiger partial charge on any atom is -0.481 e. The summed E-state index contributed by atoms with van der Waals surface area (Å²) in [6.45, 7) is 13.6. The lowest BCUT2D eigenvalue weighted by Gasteiger charge is -2.27. The molecule has 0 unspecified atom stereocenters. The zero-order valence-electron chi connectivity index (χ0n) is 27.2. The summed E-state index contributed by atoms with van der Waals surface area (Å²) in [5.74, 6) is -0.708. The predicted octanol–water partition coefficient (Wildman–Crippen LogP) is 9.86. The first-order valence-corrected chi connectivity index (χ1v) is 16.6. The molecule has 2 aliphatic rings. The van der Waals surface area contributed by atoms with Gasteiger partial charge >= 0.3 is 5.97 Å². The lowest BCUT2D eigenvalue weighted by Crippen LogP contribution is -2.27. The maximum atomic E-state index is 10.9. The second-order valence-electron chi connectivity index (χ2n) is 13.2. The SMILES string of the molecule is CCCCCCCCN1C(=CC=CC=CC2=[N+](CCCCCC(=O)O)c3ccccc3C2(C)C)C(C)(C)c2ccccc21. The van der Waals surface area contributed by atoms with E-state index in [1.54, 1.807) is 0 Å². The van der Waals surface area contributed by atoms with Crippen LogP contribution in [0.3, 0.4) is 0 Å². The number of rotatable bonds is 16. The van der Waals surface area contributed by atoms with Gasteiger partial charge in [0.15, 0.2) is 5.71 Å². The van der Waals surface area contributed by atoms with E-state index in [2.05, 4.69) is 123 Å². The standard InChI is InChI=1S/C39H52N2O2/c1-6-7-8-9-10-20-29-40-33-24-18-16-22-31(33)38(2,3)35(40)26-13-11-14-27-36-39(4,5)32-23-17-19-25-34(32)41(36)30-21-12-15-28-37(42)43/h11,13-14,16-19,22-27H,6-10,12,15,20-21,28-30H2,1-5H3/p+1. The molecule has 0 spiro atoms. The van der Waals surface area contributed by atoms with Crippen LogP contribution in [0, 0.1) is 0 Å². The van der Waals surface area contributed by atoms with Gasteiger partial charge in [0.25, 0.3) is 0 Å². The first-order chi connectivity index (χ1) is 20.7. The Balaban J connectivity index is 1.51. The summed E-state index contributed by atoms with van der Waals surface area (Å²) in [4.78, 5) is 13.5. The van der Waals surface area contributed by atoms with Gasteiger partial charge in [-0.05, 0) is 50.8 Å². The Bertz CT molecular complexity index is 1380. The fourth-order valence-corrected chi connectivity index (χ4v) is 6.89. The first kappa shape index (κ1) is 32.5. The van der Waals surface area contributed by atoms with E-state index >= 15 is 0 Å². The van der Waals surface area contributed by atoms with Crippen molar-refractivity contribution in [2.75, 3.05) is 18.0 Å². The molecule has 2 heterocycles. The number of hydrogen-bond acceptors (Lipinski definition) is 2. The van der Waals surface area contributed by atoms with Crippen LogP contribution in [0.5, 0.6) is 0 Å². The van der Waals surface area contributed by atoms with Gasteiger partial charge in [0.2, 0.25) is 5.69 Å². The number of nitrogens with zero attached hydrogens (tertiary/aromatic N) is 2. The van der Waals surface area contributed by atoms with E-state index in [-0.39, 0.29) is 17.3 Å². The Morgan fingerprint density at radius 2 is 1.47 bits per heavy atom. The molecule has 0 atom stereocenters. The maximum absolute atomic E-state index is 10.9. The molecule has 2 aromatic carbocycles.